The zero-order valence-electron chi connectivity index (χ0n) is 13.2. The molecule has 2 aliphatic rings. The Kier molecular flexibility index (Phi) is 4.16. The second kappa shape index (κ2) is 6.08. The second-order valence-electron chi connectivity index (χ2n) is 6.25. The summed E-state index contributed by atoms with van der Waals surface area (Å²) in [6.07, 6.45) is 2.90. The first kappa shape index (κ1) is 15.0. The minimum absolute atomic E-state index is 0.0141. The van der Waals surface area contributed by atoms with Gasteiger partial charge in [0.15, 0.2) is 0 Å². The normalized spacial score (nSPS) is 20.7. The number of amides is 2. The number of para-hydroxylation sites is 1. The maximum absolute atomic E-state index is 12.8. The highest BCUT2D eigenvalue weighted by Gasteiger charge is 2.34. The lowest BCUT2D eigenvalue weighted by atomic mass is 10.1. The second-order valence-corrected chi connectivity index (χ2v) is 6.25. The third-order valence-corrected chi connectivity index (χ3v) is 4.66. The lowest BCUT2D eigenvalue weighted by Gasteiger charge is -2.27. The predicted molar refractivity (Wildman–Crippen MR) is 85.9 cm³/mol. The molecular formula is C17H23N3O2. The van der Waals surface area contributed by atoms with Crippen molar-refractivity contribution in [2.75, 3.05) is 32.1 Å². The van der Waals surface area contributed by atoms with E-state index >= 15 is 0 Å². The van der Waals surface area contributed by atoms with Crippen LogP contribution in [-0.4, -0.2) is 49.9 Å². The van der Waals surface area contributed by atoms with Crippen LogP contribution < -0.4 is 10.2 Å². The van der Waals surface area contributed by atoms with Crippen LogP contribution >= 0.6 is 0 Å². The number of likely N-dealkylation sites (N-methyl/N-ethyl adjacent to an activating group) is 1. The summed E-state index contributed by atoms with van der Waals surface area (Å²) in [5.41, 5.74) is 1.32. The van der Waals surface area contributed by atoms with E-state index in [2.05, 4.69) is 5.32 Å². The van der Waals surface area contributed by atoms with Crippen molar-refractivity contribution < 1.29 is 9.59 Å². The van der Waals surface area contributed by atoms with Crippen LogP contribution in [0.5, 0.6) is 0 Å². The van der Waals surface area contributed by atoms with Crippen molar-refractivity contribution in [1.29, 1.82) is 0 Å². The summed E-state index contributed by atoms with van der Waals surface area (Å²) in [5, 5.41) is 3.28. The first-order valence-electron chi connectivity index (χ1n) is 7.94. The van der Waals surface area contributed by atoms with Crippen molar-refractivity contribution in [3.8, 4) is 0 Å². The van der Waals surface area contributed by atoms with Gasteiger partial charge in [0.05, 0.1) is 11.3 Å². The summed E-state index contributed by atoms with van der Waals surface area (Å²) in [6, 6.07) is 7.62. The molecule has 1 atom stereocenters. The van der Waals surface area contributed by atoms with Crippen LogP contribution in [0.25, 0.3) is 0 Å². The summed E-state index contributed by atoms with van der Waals surface area (Å²) >= 11 is 0. The van der Waals surface area contributed by atoms with Gasteiger partial charge in [-0.05, 0) is 37.9 Å². The first-order valence-corrected chi connectivity index (χ1v) is 7.94. The third-order valence-electron chi connectivity index (χ3n) is 4.66. The lowest BCUT2D eigenvalue weighted by molar-refractivity contribution is -0.119. The van der Waals surface area contributed by atoms with E-state index in [0.717, 1.165) is 32.4 Å². The van der Waals surface area contributed by atoms with E-state index < -0.39 is 0 Å². The highest BCUT2D eigenvalue weighted by molar-refractivity contribution is 6.05. The number of carbonyl (C=O) groups is 2. The van der Waals surface area contributed by atoms with Gasteiger partial charge in [-0.25, -0.2) is 0 Å². The summed E-state index contributed by atoms with van der Waals surface area (Å²) in [7, 11) is 3.61. The summed E-state index contributed by atoms with van der Waals surface area (Å²) in [5.74, 6) is 0.245. The monoisotopic (exact) mass is 301 g/mol. The van der Waals surface area contributed by atoms with Gasteiger partial charge in [-0.2, -0.15) is 0 Å². The van der Waals surface area contributed by atoms with Gasteiger partial charge in [-0.1, -0.05) is 12.1 Å². The fraction of sp³-hybridized carbons (Fsp3) is 0.529. The van der Waals surface area contributed by atoms with Gasteiger partial charge in [0.2, 0.25) is 5.91 Å². The van der Waals surface area contributed by atoms with Crippen LogP contribution in [-0.2, 0) is 4.79 Å². The molecular weight excluding hydrogens is 278 g/mol. The third kappa shape index (κ3) is 2.86. The van der Waals surface area contributed by atoms with Crippen molar-refractivity contribution in [2.24, 2.45) is 5.92 Å². The average molecular weight is 301 g/mol. The minimum atomic E-state index is -0.0141. The van der Waals surface area contributed by atoms with Crippen LogP contribution in [0.4, 0.5) is 5.69 Å². The zero-order chi connectivity index (χ0) is 15.7. The molecule has 118 valence electrons. The van der Waals surface area contributed by atoms with Gasteiger partial charge >= 0.3 is 0 Å². The SMILES string of the molecule is CN(C(=O)C1CC1)c1ccccc1C(=O)N(C)C1CCNC1. The number of nitrogens with zero attached hydrogens (tertiary/aromatic N) is 2. The van der Waals surface area contributed by atoms with E-state index in [1.165, 1.54) is 0 Å². The Morgan fingerprint density at radius 2 is 1.86 bits per heavy atom. The molecule has 5 heteroatoms. The molecule has 0 spiro atoms. The van der Waals surface area contributed by atoms with Crippen LogP contribution in [0.15, 0.2) is 24.3 Å². The fourth-order valence-electron chi connectivity index (χ4n) is 3.00. The number of hydrogen-bond acceptors (Lipinski definition) is 3. The molecule has 0 bridgehead atoms. The Bertz CT molecular complexity index is 577. The molecule has 1 saturated heterocycles. The highest BCUT2D eigenvalue weighted by Crippen LogP contribution is 2.33. The van der Waals surface area contributed by atoms with Crippen molar-refractivity contribution in [1.82, 2.24) is 10.2 Å². The fourth-order valence-corrected chi connectivity index (χ4v) is 3.00. The van der Waals surface area contributed by atoms with Crippen LogP contribution in [0.3, 0.4) is 0 Å². The van der Waals surface area contributed by atoms with Crippen LogP contribution in [0.2, 0.25) is 0 Å². The average Bonchev–Trinajstić information content (AvgIpc) is 3.26. The number of rotatable bonds is 4. The molecule has 3 rings (SSSR count). The molecule has 1 aromatic carbocycles. The van der Waals surface area contributed by atoms with E-state index in [-0.39, 0.29) is 23.8 Å². The molecule has 1 saturated carbocycles. The van der Waals surface area contributed by atoms with Crippen molar-refractivity contribution in [3.05, 3.63) is 29.8 Å². The Balaban J connectivity index is 1.83. The number of hydrogen-bond donors (Lipinski definition) is 1. The molecule has 1 N–H and O–H groups in total. The topological polar surface area (TPSA) is 52.7 Å². The Morgan fingerprint density at radius 3 is 2.50 bits per heavy atom. The number of carbonyl (C=O) groups excluding carboxylic acids is 2. The largest absolute Gasteiger partial charge is 0.337 e. The maximum atomic E-state index is 12.8. The van der Waals surface area contributed by atoms with Gasteiger partial charge in [0.1, 0.15) is 0 Å². The number of benzene rings is 1. The summed E-state index contributed by atoms with van der Waals surface area (Å²) in [4.78, 5) is 28.6. The quantitative estimate of drug-likeness (QED) is 0.917. The molecule has 2 amide bonds. The number of nitrogens with one attached hydrogen (secondary N) is 1. The standard InChI is InChI=1S/C17H23N3O2/c1-19(13-9-10-18-11-13)17(22)14-5-3-4-6-15(14)20(2)16(21)12-7-8-12/h3-6,12-13,18H,7-11H2,1-2H3. The molecule has 2 fully saturated rings. The van der Waals surface area contributed by atoms with Crippen molar-refractivity contribution >= 4 is 17.5 Å². The van der Waals surface area contributed by atoms with Gasteiger partial charge in [-0.3, -0.25) is 9.59 Å². The predicted octanol–water partition coefficient (Wildman–Crippen LogP) is 1.49. The molecule has 1 aliphatic heterocycles. The zero-order valence-corrected chi connectivity index (χ0v) is 13.2. The summed E-state index contributed by atoms with van der Waals surface area (Å²) in [6.45, 7) is 1.78. The molecule has 5 nitrogen and oxygen atoms in total. The Hall–Kier alpha value is -1.88. The Labute approximate surface area is 131 Å². The van der Waals surface area contributed by atoms with E-state index in [9.17, 15) is 9.59 Å². The van der Waals surface area contributed by atoms with Crippen molar-refractivity contribution in [2.45, 2.75) is 25.3 Å². The smallest absolute Gasteiger partial charge is 0.256 e. The van der Waals surface area contributed by atoms with E-state index in [1.54, 1.807) is 16.8 Å². The molecule has 1 unspecified atom stereocenters. The molecule has 0 aromatic heterocycles. The molecule has 1 aromatic rings. The van der Waals surface area contributed by atoms with Crippen LogP contribution in [0, 0.1) is 5.92 Å². The number of anilines is 1. The first-order chi connectivity index (χ1) is 10.6. The molecule has 0 radical (unpaired) electrons. The van der Waals surface area contributed by atoms with E-state index in [0.29, 0.717) is 11.3 Å². The van der Waals surface area contributed by atoms with E-state index in [4.69, 9.17) is 0 Å². The van der Waals surface area contributed by atoms with Gasteiger partial charge in [0, 0.05) is 32.6 Å². The Morgan fingerprint density at radius 1 is 1.14 bits per heavy atom. The van der Waals surface area contributed by atoms with Gasteiger partial charge in [0.25, 0.3) is 5.91 Å². The summed E-state index contributed by atoms with van der Waals surface area (Å²) < 4.78 is 0. The maximum Gasteiger partial charge on any atom is 0.256 e. The van der Waals surface area contributed by atoms with E-state index in [1.807, 2.05) is 31.3 Å². The molecule has 22 heavy (non-hydrogen) atoms. The van der Waals surface area contributed by atoms with Crippen LogP contribution in [0.1, 0.15) is 29.6 Å². The van der Waals surface area contributed by atoms with Gasteiger partial charge in [-0.15, -0.1) is 0 Å². The molecule has 1 aliphatic carbocycles. The minimum Gasteiger partial charge on any atom is -0.337 e. The van der Waals surface area contributed by atoms with Gasteiger partial charge < -0.3 is 15.1 Å². The molecule has 1 heterocycles. The van der Waals surface area contributed by atoms with Crippen molar-refractivity contribution in [3.63, 3.8) is 0 Å². The lowest BCUT2D eigenvalue weighted by Crippen LogP contribution is -2.39. The highest BCUT2D eigenvalue weighted by atomic mass is 16.2.